The summed E-state index contributed by atoms with van der Waals surface area (Å²) in [5.74, 6) is -0.101. The molecular formula is C15H21N3OS2. The van der Waals surface area contributed by atoms with Crippen LogP contribution >= 0.6 is 23.1 Å². The maximum atomic E-state index is 12.4. The molecule has 0 aromatic carbocycles. The van der Waals surface area contributed by atoms with Crippen LogP contribution in [0.3, 0.4) is 0 Å². The molecule has 0 unspecified atom stereocenters. The number of nitrogens with zero attached hydrogens (tertiary/aromatic N) is 1. The lowest BCUT2D eigenvalue weighted by Crippen LogP contribution is -2.39. The second-order valence-electron chi connectivity index (χ2n) is 4.98. The maximum Gasteiger partial charge on any atom is 0.263 e. The molecule has 0 aliphatic heterocycles. The summed E-state index contributed by atoms with van der Waals surface area (Å²) in [5, 5.41) is 3.89. The van der Waals surface area contributed by atoms with Gasteiger partial charge in [-0.1, -0.05) is 13.8 Å². The van der Waals surface area contributed by atoms with E-state index in [4.69, 9.17) is 5.73 Å². The van der Waals surface area contributed by atoms with Crippen LogP contribution in [-0.4, -0.2) is 28.4 Å². The van der Waals surface area contributed by atoms with E-state index in [0.29, 0.717) is 17.1 Å². The van der Waals surface area contributed by atoms with Gasteiger partial charge in [-0.15, -0.1) is 11.3 Å². The van der Waals surface area contributed by atoms with Crippen molar-refractivity contribution in [2.45, 2.75) is 31.4 Å². The summed E-state index contributed by atoms with van der Waals surface area (Å²) in [4.78, 5) is 18.0. The number of rotatable bonds is 6. The molecule has 4 nitrogen and oxygen atoms in total. The summed E-state index contributed by atoms with van der Waals surface area (Å²) in [7, 11) is 0. The zero-order valence-corrected chi connectivity index (χ0v) is 14.2. The zero-order valence-electron chi connectivity index (χ0n) is 12.6. The quantitative estimate of drug-likeness (QED) is 0.853. The number of carbonyl (C=O) groups excluding carboxylic acids is 1. The maximum absolute atomic E-state index is 12.4. The molecule has 2 rings (SSSR count). The van der Waals surface area contributed by atoms with Crippen LogP contribution in [0.15, 0.2) is 18.3 Å². The van der Waals surface area contributed by atoms with Crippen LogP contribution in [0.5, 0.6) is 0 Å². The van der Waals surface area contributed by atoms with Crippen molar-refractivity contribution in [3.63, 3.8) is 0 Å². The highest BCUT2D eigenvalue weighted by molar-refractivity contribution is 8.00. The van der Waals surface area contributed by atoms with Crippen molar-refractivity contribution < 1.29 is 4.79 Å². The average molecular weight is 323 g/mol. The average Bonchev–Trinajstić information content (AvgIpc) is 2.87. The van der Waals surface area contributed by atoms with Crippen LogP contribution in [0.2, 0.25) is 0 Å². The van der Waals surface area contributed by atoms with Gasteiger partial charge in [0.15, 0.2) is 0 Å². The Morgan fingerprint density at radius 1 is 1.48 bits per heavy atom. The Bertz CT molecular complexity index is 627. The number of nitrogens with two attached hydrogens (primary N) is 1. The summed E-state index contributed by atoms with van der Waals surface area (Å²) in [6, 6.07) is 3.73. The number of thioether (sulfide) groups is 1. The highest BCUT2D eigenvalue weighted by atomic mass is 32.2. The largest absolute Gasteiger partial charge is 0.397 e. The monoisotopic (exact) mass is 323 g/mol. The van der Waals surface area contributed by atoms with Gasteiger partial charge in [-0.25, -0.2) is 4.98 Å². The third kappa shape index (κ3) is 3.16. The predicted molar refractivity (Wildman–Crippen MR) is 93.2 cm³/mol. The second-order valence-corrected chi connectivity index (χ2v) is 7.25. The van der Waals surface area contributed by atoms with Crippen molar-refractivity contribution in [2.75, 3.05) is 18.5 Å². The molecule has 2 aromatic rings. The van der Waals surface area contributed by atoms with Gasteiger partial charge in [0.25, 0.3) is 5.91 Å². The Morgan fingerprint density at radius 3 is 2.76 bits per heavy atom. The van der Waals surface area contributed by atoms with E-state index >= 15 is 0 Å². The topological polar surface area (TPSA) is 68.0 Å². The molecule has 0 bridgehead atoms. The highest BCUT2D eigenvalue weighted by Crippen LogP contribution is 2.33. The van der Waals surface area contributed by atoms with Crippen molar-refractivity contribution in [1.29, 1.82) is 0 Å². The van der Waals surface area contributed by atoms with Gasteiger partial charge in [0, 0.05) is 22.9 Å². The van der Waals surface area contributed by atoms with Gasteiger partial charge >= 0.3 is 0 Å². The van der Waals surface area contributed by atoms with E-state index in [0.717, 1.165) is 23.1 Å². The summed E-state index contributed by atoms with van der Waals surface area (Å²) < 4.78 is 0.0966. The molecule has 0 radical (unpaired) electrons. The molecule has 0 fully saturated rings. The molecular weight excluding hydrogens is 302 g/mol. The fourth-order valence-corrected chi connectivity index (χ4v) is 4.08. The first-order valence-electron chi connectivity index (χ1n) is 7.03. The molecule has 114 valence electrons. The van der Waals surface area contributed by atoms with Crippen molar-refractivity contribution in [3.05, 3.63) is 23.2 Å². The molecule has 6 heteroatoms. The molecule has 2 aromatic heterocycles. The van der Waals surface area contributed by atoms with E-state index in [2.05, 4.69) is 30.4 Å². The van der Waals surface area contributed by atoms with E-state index < -0.39 is 0 Å². The number of amides is 1. The van der Waals surface area contributed by atoms with Gasteiger partial charge < -0.3 is 11.1 Å². The van der Waals surface area contributed by atoms with Crippen molar-refractivity contribution in [2.24, 2.45) is 0 Å². The lowest BCUT2D eigenvalue weighted by molar-refractivity contribution is 0.0954. The summed E-state index contributed by atoms with van der Waals surface area (Å²) in [6.45, 7) is 4.97. The number of aromatic nitrogens is 1. The normalized spacial score (nSPS) is 11.8. The Hall–Kier alpha value is -1.27. The van der Waals surface area contributed by atoms with Crippen LogP contribution < -0.4 is 11.1 Å². The molecule has 0 saturated heterocycles. The smallest absolute Gasteiger partial charge is 0.263 e. The van der Waals surface area contributed by atoms with Crippen molar-refractivity contribution in [1.82, 2.24) is 10.3 Å². The van der Waals surface area contributed by atoms with E-state index in [1.807, 2.05) is 23.9 Å². The number of hydrogen-bond donors (Lipinski definition) is 2. The lowest BCUT2D eigenvalue weighted by Gasteiger charge is -2.29. The zero-order chi connectivity index (χ0) is 15.5. The molecule has 2 heterocycles. The van der Waals surface area contributed by atoms with Crippen molar-refractivity contribution in [3.8, 4) is 0 Å². The number of hydrogen-bond acceptors (Lipinski definition) is 5. The number of carbonyl (C=O) groups is 1. The van der Waals surface area contributed by atoms with Gasteiger partial charge in [0.2, 0.25) is 0 Å². The van der Waals surface area contributed by atoms with E-state index in [-0.39, 0.29) is 10.7 Å². The first-order valence-corrected chi connectivity index (χ1v) is 9.07. The van der Waals surface area contributed by atoms with Gasteiger partial charge in [-0.2, -0.15) is 11.8 Å². The predicted octanol–water partition coefficient (Wildman–Crippen LogP) is 3.53. The van der Waals surface area contributed by atoms with Crippen LogP contribution in [0.1, 0.15) is 36.4 Å². The molecule has 3 N–H and O–H groups in total. The Morgan fingerprint density at radius 2 is 2.19 bits per heavy atom. The minimum absolute atomic E-state index is 0.0966. The third-order valence-electron chi connectivity index (χ3n) is 4.00. The summed E-state index contributed by atoms with van der Waals surface area (Å²) in [5.41, 5.74) is 6.61. The standard InChI is InChI=1S/C15H21N3OS2/c1-4-15(5-2,20-3)9-18-13(19)12-11(16)10-7-6-8-17-14(10)21-12/h6-8H,4-5,9,16H2,1-3H3,(H,18,19). The number of anilines is 1. The first kappa shape index (κ1) is 16.1. The van der Waals surface area contributed by atoms with E-state index in [9.17, 15) is 4.79 Å². The lowest BCUT2D eigenvalue weighted by atomic mass is 10.0. The molecule has 21 heavy (non-hydrogen) atoms. The van der Waals surface area contributed by atoms with E-state index in [1.165, 1.54) is 11.3 Å². The highest BCUT2D eigenvalue weighted by Gasteiger charge is 2.26. The van der Waals surface area contributed by atoms with Crippen LogP contribution in [0, 0.1) is 0 Å². The Labute approximate surface area is 133 Å². The molecule has 0 spiro atoms. The van der Waals surface area contributed by atoms with Gasteiger partial charge in [-0.3, -0.25) is 4.79 Å². The van der Waals surface area contributed by atoms with Crippen molar-refractivity contribution >= 4 is 44.9 Å². The summed E-state index contributed by atoms with van der Waals surface area (Å²) >= 11 is 3.16. The summed E-state index contributed by atoms with van der Waals surface area (Å²) in [6.07, 6.45) is 5.85. The molecule has 0 saturated carbocycles. The van der Waals surface area contributed by atoms with Gasteiger partial charge in [0.1, 0.15) is 9.71 Å². The van der Waals surface area contributed by atoms with E-state index in [1.54, 1.807) is 6.20 Å². The number of fused-ring (bicyclic) bond motifs is 1. The molecule has 0 atom stereocenters. The Balaban J connectivity index is 2.17. The number of pyridine rings is 1. The second kappa shape index (κ2) is 6.66. The van der Waals surface area contributed by atoms with Gasteiger partial charge in [-0.05, 0) is 31.2 Å². The first-order chi connectivity index (χ1) is 10.1. The third-order valence-corrected chi connectivity index (χ3v) is 6.72. The van der Waals surface area contributed by atoms with Crippen LogP contribution in [0.4, 0.5) is 5.69 Å². The molecule has 0 aliphatic rings. The minimum atomic E-state index is -0.101. The fourth-order valence-electron chi connectivity index (χ4n) is 2.30. The number of nitrogens with one attached hydrogen (secondary N) is 1. The van der Waals surface area contributed by atoms with Crippen LogP contribution in [-0.2, 0) is 0 Å². The number of nitrogen functional groups attached to an aromatic ring is 1. The Kier molecular flexibility index (Phi) is 5.11. The fraction of sp³-hybridized carbons (Fsp3) is 0.467. The van der Waals surface area contributed by atoms with Gasteiger partial charge in [0.05, 0.1) is 5.69 Å². The molecule has 0 aliphatic carbocycles. The minimum Gasteiger partial charge on any atom is -0.397 e. The van der Waals surface area contributed by atoms with Crippen LogP contribution in [0.25, 0.3) is 10.2 Å². The molecule has 1 amide bonds. The number of thiophene rings is 1. The SMILES string of the molecule is CCC(CC)(CNC(=O)c1sc2ncccc2c1N)SC.